The fraction of sp³-hybridized carbons (Fsp3) is 0.333. The molecular formula is C3H4ClN2OS-. The summed E-state index contributed by atoms with van der Waals surface area (Å²) < 4.78 is 0. The van der Waals surface area contributed by atoms with Crippen LogP contribution < -0.4 is 18.1 Å². The molecule has 0 spiro atoms. The van der Waals surface area contributed by atoms with E-state index in [0.717, 1.165) is 0 Å². The van der Waals surface area contributed by atoms with Gasteiger partial charge in [-0.05, 0) is 0 Å². The van der Waals surface area contributed by atoms with E-state index < -0.39 is 0 Å². The van der Waals surface area contributed by atoms with Crippen molar-refractivity contribution in [3.05, 3.63) is 0 Å². The van der Waals surface area contributed by atoms with Gasteiger partial charge in [-0.2, -0.15) is 4.99 Å². The van der Waals surface area contributed by atoms with Gasteiger partial charge in [0.2, 0.25) is 0 Å². The Morgan fingerprint density at radius 3 is 2.50 bits per heavy atom. The van der Waals surface area contributed by atoms with Gasteiger partial charge in [0.25, 0.3) is 5.91 Å². The second-order valence-electron chi connectivity index (χ2n) is 1.13. The standard InChI is InChI=1S/C3H4N2OS.ClH/c4-3-5-2(6)1-7-3;/h1H2,(H2,4,5,6);1H/p-1. The number of thioether (sulfide) groups is 1. The minimum Gasteiger partial charge on any atom is -1.00 e. The third-order valence-corrected chi connectivity index (χ3v) is 1.36. The number of nitrogens with zero attached hydrogens (tertiary/aromatic N) is 1. The van der Waals surface area contributed by atoms with Gasteiger partial charge in [0, 0.05) is 0 Å². The Morgan fingerprint density at radius 1 is 1.75 bits per heavy atom. The average molecular weight is 152 g/mol. The summed E-state index contributed by atoms with van der Waals surface area (Å²) >= 11 is 1.28. The van der Waals surface area contributed by atoms with E-state index in [2.05, 4.69) is 4.99 Å². The second-order valence-corrected chi connectivity index (χ2v) is 2.13. The number of nitrogens with two attached hydrogens (primary N) is 1. The molecule has 0 saturated heterocycles. The Hall–Kier alpha value is -0.220. The van der Waals surface area contributed by atoms with E-state index in [9.17, 15) is 4.79 Å². The van der Waals surface area contributed by atoms with E-state index in [0.29, 0.717) is 10.9 Å². The molecule has 0 unspecified atom stereocenters. The van der Waals surface area contributed by atoms with Crippen LogP contribution >= 0.6 is 11.8 Å². The molecule has 0 aromatic carbocycles. The highest BCUT2D eigenvalue weighted by atomic mass is 35.5. The lowest BCUT2D eigenvalue weighted by Gasteiger charge is -1.76. The van der Waals surface area contributed by atoms with Crippen molar-refractivity contribution in [3.8, 4) is 0 Å². The zero-order valence-electron chi connectivity index (χ0n) is 3.93. The lowest BCUT2D eigenvalue weighted by Crippen LogP contribution is -3.00. The molecule has 0 fully saturated rings. The maximum Gasteiger partial charge on any atom is 0.258 e. The molecule has 0 aliphatic carbocycles. The van der Waals surface area contributed by atoms with Crippen molar-refractivity contribution in [3.63, 3.8) is 0 Å². The number of amides is 1. The fourth-order valence-corrected chi connectivity index (χ4v) is 0.825. The predicted octanol–water partition coefficient (Wildman–Crippen LogP) is -3.42. The Bertz CT molecular complexity index is 135. The van der Waals surface area contributed by atoms with Crippen molar-refractivity contribution in [2.24, 2.45) is 10.7 Å². The molecule has 0 radical (unpaired) electrons. The maximum absolute atomic E-state index is 10.2. The number of rotatable bonds is 0. The number of carbonyl (C=O) groups is 1. The smallest absolute Gasteiger partial charge is 0.258 e. The third-order valence-electron chi connectivity index (χ3n) is 0.578. The van der Waals surface area contributed by atoms with E-state index in [4.69, 9.17) is 5.73 Å². The van der Waals surface area contributed by atoms with Crippen LogP contribution in [0, 0.1) is 0 Å². The molecule has 1 aliphatic heterocycles. The van der Waals surface area contributed by atoms with Crippen molar-refractivity contribution >= 4 is 22.8 Å². The molecule has 0 bridgehead atoms. The van der Waals surface area contributed by atoms with Crippen molar-refractivity contribution < 1.29 is 17.2 Å². The topological polar surface area (TPSA) is 55.4 Å². The summed E-state index contributed by atoms with van der Waals surface area (Å²) in [5.41, 5.74) is 5.12. The van der Waals surface area contributed by atoms with Crippen molar-refractivity contribution in [1.29, 1.82) is 0 Å². The molecule has 0 aromatic heterocycles. The summed E-state index contributed by atoms with van der Waals surface area (Å²) in [6, 6.07) is 0. The fourth-order valence-electron chi connectivity index (χ4n) is 0.323. The van der Waals surface area contributed by atoms with Crippen LogP contribution in [0.1, 0.15) is 0 Å². The monoisotopic (exact) mass is 151 g/mol. The van der Waals surface area contributed by atoms with E-state index in [1.54, 1.807) is 0 Å². The van der Waals surface area contributed by atoms with Crippen LogP contribution in [-0.2, 0) is 4.79 Å². The number of carbonyl (C=O) groups excluding carboxylic acids is 1. The highest BCUT2D eigenvalue weighted by Gasteiger charge is 2.09. The molecule has 5 heteroatoms. The quantitative estimate of drug-likeness (QED) is 0.392. The SMILES string of the molecule is NC1=NC(=O)CS1.[Cl-]. The number of aliphatic imine (C=N–C) groups is 1. The van der Waals surface area contributed by atoms with Gasteiger partial charge in [-0.15, -0.1) is 0 Å². The molecule has 0 atom stereocenters. The summed E-state index contributed by atoms with van der Waals surface area (Å²) in [5, 5.41) is 0.394. The van der Waals surface area contributed by atoms with Gasteiger partial charge >= 0.3 is 0 Å². The minimum absolute atomic E-state index is 0. The van der Waals surface area contributed by atoms with Gasteiger partial charge in [0.1, 0.15) is 0 Å². The molecule has 0 aromatic rings. The molecule has 46 valence electrons. The largest absolute Gasteiger partial charge is 1.00 e. The Balaban J connectivity index is 0.000000490. The average Bonchev–Trinajstić information content (AvgIpc) is 1.87. The van der Waals surface area contributed by atoms with Gasteiger partial charge in [0.05, 0.1) is 5.75 Å². The number of hydrogen-bond donors (Lipinski definition) is 1. The van der Waals surface area contributed by atoms with Gasteiger partial charge in [0.15, 0.2) is 5.17 Å². The number of halogens is 1. The van der Waals surface area contributed by atoms with Crippen LogP contribution in [0.5, 0.6) is 0 Å². The molecule has 1 amide bonds. The number of hydrogen-bond acceptors (Lipinski definition) is 3. The first-order valence-electron chi connectivity index (χ1n) is 1.79. The van der Waals surface area contributed by atoms with Gasteiger partial charge in [-0.25, -0.2) is 0 Å². The third kappa shape index (κ3) is 1.71. The normalized spacial score (nSPS) is 17.5. The van der Waals surface area contributed by atoms with E-state index in [-0.39, 0.29) is 18.3 Å². The van der Waals surface area contributed by atoms with Gasteiger partial charge in [-0.1, -0.05) is 11.8 Å². The first-order valence-corrected chi connectivity index (χ1v) is 2.77. The second kappa shape index (κ2) is 2.94. The first-order chi connectivity index (χ1) is 3.29. The van der Waals surface area contributed by atoms with Crippen molar-refractivity contribution in [2.45, 2.75) is 0 Å². The van der Waals surface area contributed by atoms with Crippen LogP contribution in [0.2, 0.25) is 0 Å². The Kier molecular flexibility index (Phi) is 2.86. The highest BCUT2D eigenvalue weighted by molar-refractivity contribution is 8.14. The summed E-state index contributed by atoms with van der Waals surface area (Å²) in [6.45, 7) is 0. The molecule has 2 N–H and O–H groups in total. The summed E-state index contributed by atoms with van der Waals surface area (Å²) in [4.78, 5) is 13.6. The van der Waals surface area contributed by atoms with Crippen molar-refractivity contribution in [2.75, 3.05) is 5.75 Å². The van der Waals surface area contributed by atoms with Crippen LogP contribution in [-0.4, -0.2) is 16.8 Å². The van der Waals surface area contributed by atoms with Crippen LogP contribution in [0.25, 0.3) is 0 Å². The molecule has 1 rings (SSSR count). The lowest BCUT2D eigenvalue weighted by atomic mass is 10.7. The maximum atomic E-state index is 10.2. The Morgan fingerprint density at radius 2 is 2.38 bits per heavy atom. The molecule has 3 nitrogen and oxygen atoms in total. The molecule has 1 aliphatic rings. The zero-order valence-corrected chi connectivity index (χ0v) is 5.50. The van der Waals surface area contributed by atoms with Crippen molar-refractivity contribution in [1.82, 2.24) is 0 Å². The molecule has 8 heavy (non-hydrogen) atoms. The lowest BCUT2D eigenvalue weighted by molar-refractivity contribution is -0.115. The first kappa shape index (κ1) is 7.78. The molecule has 0 saturated carbocycles. The number of amidine groups is 1. The molecule has 1 heterocycles. The van der Waals surface area contributed by atoms with Gasteiger partial charge < -0.3 is 18.1 Å². The van der Waals surface area contributed by atoms with E-state index in [1.165, 1.54) is 11.8 Å². The predicted molar refractivity (Wildman–Crippen MR) is 29.1 cm³/mol. The summed E-state index contributed by atoms with van der Waals surface area (Å²) in [6.07, 6.45) is 0. The van der Waals surface area contributed by atoms with Gasteiger partial charge in [-0.3, -0.25) is 4.79 Å². The van der Waals surface area contributed by atoms with E-state index in [1.807, 2.05) is 0 Å². The van der Waals surface area contributed by atoms with Crippen LogP contribution in [0.3, 0.4) is 0 Å². The zero-order chi connectivity index (χ0) is 5.28. The highest BCUT2D eigenvalue weighted by Crippen LogP contribution is 2.07. The van der Waals surface area contributed by atoms with Crippen LogP contribution in [0.4, 0.5) is 0 Å². The Labute approximate surface area is 57.1 Å². The molecular weight excluding hydrogens is 148 g/mol. The minimum atomic E-state index is -0.123. The van der Waals surface area contributed by atoms with Crippen LogP contribution in [0.15, 0.2) is 4.99 Å². The summed E-state index contributed by atoms with van der Waals surface area (Å²) in [5.74, 6) is 0.300. The summed E-state index contributed by atoms with van der Waals surface area (Å²) in [7, 11) is 0. The van der Waals surface area contributed by atoms with E-state index >= 15 is 0 Å².